The largest absolute Gasteiger partial charge is 0.423 e. The Labute approximate surface area is 170 Å². The molecule has 1 aliphatic rings. The predicted molar refractivity (Wildman–Crippen MR) is 112 cm³/mol. The summed E-state index contributed by atoms with van der Waals surface area (Å²) in [5.74, 6) is 0. The van der Waals surface area contributed by atoms with Crippen LogP contribution < -0.4 is 5.63 Å². The molecule has 1 fully saturated rings. The fraction of sp³-hybridized carbons (Fsp3) is 0.318. The lowest BCUT2D eigenvalue weighted by Gasteiger charge is -2.22. The van der Waals surface area contributed by atoms with Crippen molar-refractivity contribution in [2.24, 2.45) is 0 Å². The van der Waals surface area contributed by atoms with Gasteiger partial charge >= 0.3 is 5.63 Å². The van der Waals surface area contributed by atoms with Crippen LogP contribution in [0.4, 0.5) is 0 Å². The summed E-state index contributed by atoms with van der Waals surface area (Å²) in [5.41, 5.74) is 2.47. The van der Waals surface area contributed by atoms with E-state index in [0.717, 1.165) is 19.5 Å². The van der Waals surface area contributed by atoms with E-state index in [9.17, 15) is 13.2 Å². The molecule has 0 radical (unpaired) electrons. The van der Waals surface area contributed by atoms with Crippen LogP contribution in [-0.4, -0.2) is 43.8 Å². The van der Waals surface area contributed by atoms with Gasteiger partial charge in [-0.25, -0.2) is 13.2 Å². The highest BCUT2D eigenvalue weighted by atomic mass is 32.2. The summed E-state index contributed by atoms with van der Waals surface area (Å²) in [6.45, 7) is 5.44. The molecule has 1 saturated heterocycles. The van der Waals surface area contributed by atoms with Crippen LogP contribution in [0.25, 0.3) is 11.0 Å². The van der Waals surface area contributed by atoms with Crippen LogP contribution in [0.2, 0.25) is 0 Å². The van der Waals surface area contributed by atoms with E-state index >= 15 is 0 Å². The molecular formula is C22H24N2O4S. The van der Waals surface area contributed by atoms with E-state index in [1.54, 1.807) is 22.5 Å². The van der Waals surface area contributed by atoms with Crippen LogP contribution >= 0.6 is 0 Å². The number of aryl methyl sites for hydroxylation is 1. The van der Waals surface area contributed by atoms with E-state index in [-0.39, 0.29) is 4.90 Å². The van der Waals surface area contributed by atoms with Gasteiger partial charge < -0.3 is 4.42 Å². The summed E-state index contributed by atoms with van der Waals surface area (Å²) in [5, 5.41) is 0.599. The van der Waals surface area contributed by atoms with Crippen molar-refractivity contribution in [3.63, 3.8) is 0 Å². The molecule has 1 aliphatic heterocycles. The average molecular weight is 413 g/mol. The van der Waals surface area contributed by atoms with Crippen molar-refractivity contribution in [3.8, 4) is 0 Å². The van der Waals surface area contributed by atoms with E-state index in [1.165, 1.54) is 23.3 Å². The van der Waals surface area contributed by atoms with Crippen molar-refractivity contribution in [1.82, 2.24) is 9.21 Å². The molecule has 6 nitrogen and oxygen atoms in total. The molecule has 7 heteroatoms. The van der Waals surface area contributed by atoms with Crippen molar-refractivity contribution in [2.45, 2.75) is 24.8 Å². The van der Waals surface area contributed by atoms with Gasteiger partial charge in [0.15, 0.2) is 0 Å². The van der Waals surface area contributed by atoms with Gasteiger partial charge in [0.25, 0.3) is 0 Å². The Balaban J connectivity index is 1.51. The maximum atomic E-state index is 13.2. The van der Waals surface area contributed by atoms with E-state index in [0.29, 0.717) is 30.6 Å². The van der Waals surface area contributed by atoms with Gasteiger partial charge in [0.2, 0.25) is 10.0 Å². The van der Waals surface area contributed by atoms with Crippen LogP contribution in [0.1, 0.15) is 17.5 Å². The third-order valence-electron chi connectivity index (χ3n) is 5.43. The summed E-state index contributed by atoms with van der Waals surface area (Å²) in [6, 6.07) is 15.8. The minimum Gasteiger partial charge on any atom is -0.423 e. The summed E-state index contributed by atoms with van der Waals surface area (Å²) in [4.78, 5) is 13.9. The van der Waals surface area contributed by atoms with Crippen LogP contribution in [0.15, 0.2) is 68.7 Å². The van der Waals surface area contributed by atoms with E-state index in [2.05, 4.69) is 24.0 Å². The quantitative estimate of drug-likeness (QED) is 0.616. The van der Waals surface area contributed by atoms with Gasteiger partial charge in [0.05, 0.1) is 4.90 Å². The Morgan fingerprint density at radius 2 is 1.79 bits per heavy atom. The van der Waals surface area contributed by atoms with E-state index in [1.807, 2.05) is 12.1 Å². The molecule has 0 atom stereocenters. The monoisotopic (exact) mass is 412 g/mol. The summed E-state index contributed by atoms with van der Waals surface area (Å²) < 4.78 is 33.0. The van der Waals surface area contributed by atoms with Crippen LogP contribution in [0, 0.1) is 6.92 Å². The molecule has 29 heavy (non-hydrogen) atoms. The van der Waals surface area contributed by atoms with Crippen molar-refractivity contribution < 1.29 is 12.8 Å². The zero-order valence-corrected chi connectivity index (χ0v) is 17.2. The van der Waals surface area contributed by atoms with Gasteiger partial charge in [0.1, 0.15) is 5.58 Å². The molecule has 1 aromatic heterocycles. The Hall–Kier alpha value is -2.48. The molecule has 3 aromatic rings. The van der Waals surface area contributed by atoms with Gasteiger partial charge in [-0.3, -0.25) is 4.90 Å². The van der Waals surface area contributed by atoms with Crippen molar-refractivity contribution >= 4 is 21.0 Å². The van der Waals surface area contributed by atoms with Crippen molar-refractivity contribution in [2.75, 3.05) is 26.2 Å². The smallest absolute Gasteiger partial charge is 0.336 e. The number of benzene rings is 2. The Morgan fingerprint density at radius 1 is 0.966 bits per heavy atom. The first-order valence-electron chi connectivity index (χ1n) is 9.74. The first kappa shape index (κ1) is 19.8. The first-order chi connectivity index (χ1) is 13.9. The van der Waals surface area contributed by atoms with Crippen LogP contribution in [-0.2, 0) is 16.6 Å². The Kier molecular flexibility index (Phi) is 5.54. The highest BCUT2D eigenvalue weighted by molar-refractivity contribution is 7.89. The second-order valence-electron chi connectivity index (χ2n) is 7.41. The number of fused-ring (bicyclic) bond motifs is 1. The number of hydrogen-bond acceptors (Lipinski definition) is 5. The summed E-state index contributed by atoms with van der Waals surface area (Å²) >= 11 is 0. The second kappa shape index (κ2) is 8.10. The second-order valence-corrected chi connectivity index (χ2v) is 9.35. The summed E-state index contributed by atoms with van der Waals surface area (Å²) in [7, 11) is -3.60. The predicted octanol–water partition coefficient (Wildman–Crippen LogP) is 3.00. The van der Waals surface area contributed by atoms with Gasteiger partial charge in [-0.2, -0.15) is 4.31 Å². The highest BCUT2D eigenvalue weighted by Gasteiger charge is 2.27. The van der Waals surface area contributed by atoms with Crippen molar-refractivity contribution in [3.05, 3.63) is 76.1 Å². The zero-order valence-electron chi connectivity index (χ0n) is 16.4. The number of hydrogen-bond donors (Lipinski definition) is 0. The van der Waals surface area contributed by atoms with Crippen LogP contribution in [0.5, 0.6) is 0 Å². The van der Waals surface area contributed by atoms with Gasteiger partial charge in [-0.05, 0) is 55.3 Å². The number of nitrogens with zero attached hydrogens (tertiary/aromatic N) is 2. The topological polar surface area (TPSA) is 70.8 Å². The van der Waals surface area contributed by atoms with Crippen LogP contribution in [0.3, 0.4) is 0 Å². The Morgan fingerprint density at radius 3 is 2.62 bits per heavy atom. The molecular weight excluding hydrogens is 388 g/mol. The number of rotatable bonds is 4. The molecule has 4 rings (SSSR count). The molecule has 2 heterocycles. The molecule has 0 aliphatic carbocycles. The van der Waals surface area contributed by atoms with Gasteiger partial charge in [-0.1, -0.05) is 24.3 Å². The zero-order chi connectivity index (χ0) is 20.4. The molecule has 0 amide bonds. The lowest BCUT2D eigenvalue weighted by molar-refractivity contribution is 0.278. The van der Waals surface area contributed by atoms with E-state index in [4.69, 9.17) is 4.42 Å². The highest BCUT2D eigenvalue weighted by Crippen LogP contribution is 2.23. The molecule has 0 bridgehead atoms. The fourth-order valence-corrected chi connectivity index (χ4v) is 5.24. The standard InChI is InChI=1S/C22H24N2O4S/c1-17-5-2-3-6-19(17)16-23-11-4-12-24(14-13-23)29(26,27)20-8-9-21-18(15-20)7-10-22(25)28-21/h2-3,5-10,15H,4,11-14,16H2,1H3. The number of sulfonamides is 1. The van der Waals surface area contributed by atoms with E-state index < -0.39 is 15.6 Å². The Bertz CT molecular complexity index is 1190. The molecule has 2 aromatic carbocycles. The normalized spacial score (nSPS) is 16.7. The lowest BCUT2D eigenvalue weighted by Crippen LogP contribution is -2.35. The average Bonchev–Trinajstić information content (AvgIpc) is 2.95. The maximum Gasteiger partial charge on any atom is 0.336 e. The first-order valence-corrected chi connectivity index (χ1v) is 11.2. The fourth-order valence-electron chi connectivity index (χ4n) is 3.73. The lowest BCUT2D eigenvalue weighted by atomic mass is 10.1. The molecule has 0 spiro atoms. The molecule has 0 N–H and O–H groups in total. The van der Waals surface area contributed by atoms with Gasteiger partial charge in [0, 0.05) is 37.6 Å². The van der Waals surface area contributed by atoms with Crippen molar-refractivity contribution in [1.29, 1.82) is 0 Å². The SMILES string of the molecule is Cc1ccccc1CN1CCCN(S(=O)(=O)c2ccc3oc(=O)ccc3c2)CC1. The van der Waals surface area contributed by atoms with Gasteiger partial charge in [-0.15, -0.1) is 0 Å². The molecule has 152 valence electrons. The summed E-state index contributed by atoms with van der Waals surface area (Å²) in [6.07, 6.45) is 0.785. The maximum absolute atomic E-state index is 13.2. The molecule has 0 unspecified atom stereocenters. The third kappa shape index (κ3) is 4.27. The third-order valence-corrected chi connectivity index (χ3v) is 7.33. The minimum absolute atomic E-state index is 0.228. The molecule has 0 saturated carbocycles. The minimum atomic E-state index is -3.60.